The lowest BCUT2D eigenvalue weighted by molar-refractivity contribution is -0.140. The molecule has 214 valence electrons. The lowest BCUT2D eigenvalue weighted by atomic mass is 10.00. The fraction of sp³-hybridized carbons (Fsp3) is 0.516. The topological polar surface area (TPSA) is 87.7 Å². The Hall–Kier alpha value is -3.06. The van der Waals surface area contributed by atoms with Gasteiger partial charge in [0.1, 0.15) is 17.7 Å². The van der Waals surface area contributed by atoms with Crippen LogP contribution in [0.15, 0.2) is 42.5 Å². The number of alkyl carbamates (subject to hydrolysis) is 1. The number of anilines is 1. The third-order valence-corrected chi connectivity index (χ3v) is 6.59. The van der Waals surface area contributed by atoms with Crippen LogP contribution in [-0.2, 0) is 14.3 Å². The van der Waals surface area contributed by atoms with E-state index in [-0.39, 0.29) is 11.8 Å². The molecule has 0 aliphatic heterocycles. The Bertz CT molecular complexity index is 1110. The second-order valence-corrected chi connectivity index (χ2v) is 11.5. The minimum absolute atomic E-state index is 0.358. The van der Waals surface area contributed by atoms with Gasteiger partial charge in [-0.1, -0.05) is 86.2 Å². The molecule has 0 bridgehead atoms. The summed E-state index contributed by atoms with van der Waals surface area (Å²) in [5.74, 6) is -0.739. The molecule has 2 atom stereocenters. The fourth-order valence-electron chi connectivity index (χ4n) is 4.34. The fourth-order valence-corrected chi connectivity index (χ4v) is 4.61. The lowest BCUT2D eigenvalue weighted by Gasteiger charge is -2.34. The summed E-state index contributed by atoms with van der Waals surface area (Å²) in [6.07, 6.45) is 4.23. The van der Waals surface area contributed by atoms with E-state index in [2.05, 4.69) is 17.6 Å². The maximum Gasteiger partial charge on any atom is 0.408 e. The molecule has 2 aromatic carbocycles. The highest BCUT2D eigenvalue weighted by Crippen LogP contribution is 2.30. The number of hydrogen-bond acceptors (Lipinski definition) is 4. The van der Waals surface area contributed by atoms with Crippen LogP contribution in [-0.4, -0.2) is 41.0 Å². The molecule has 2 N–H and O–H groups in total. The highest BCUT2D eigenvalue weighted by atomic mass is 35.5. The molecule has 3 amide bonds. The molecule has 2 unspecified atom stereocenters. The van der Waals surface area contributed by atoms with Crippen LogP contribution in [0, 0.1) is 13.8 Å². The van der Waals surface area contributed by atoms with Crippen molar-refractivity contribution in [2.75, 3.05) is 11.9 Å². The van der Waals surface area contributed by atoms with E-state index in [1.165, 1.54) is 0 Å². The quantitative estimate of drug-likeness (QED) is 0.267. The predicted molar refractivity (Wildman–Crippen MR) is 158 cm³/mol. The van der Waals surface area contributed by atoms with Crippen molar-refractivity contribution < 1.29 is 19.1 Å². The molecule has 2 aromatic rings. The number of ether oxygens (including phenoxy) is 1. The molecule has 0 aromatic heterocycles. The first-order valence-corrected chi connectivity index (χ1v) is 14.1. The molecule has 0 aliphatic rings. The van der Waals surface area contributed by atoms with Crippen LogP contribution in [0.5, 0.6) is 0 Å². The van der Waals surface area contributed by atoms with Crippen molar-refractivity contribution in [1.29, 1.82) is 0 Å². The smallest absolute Gasteiger partial charge is 0.408 e. The number of halogens is 1. The molecule has 0 aliphatic carbocycles. The number of benzene rings is 2. The summed E-state index contributed by atoms with van der Waals surface area (Å²) >= 11 is 6.43. The van der Waals surface area contributed by atoms with Crippen LogP contribution in [0.3, 0.4) is 0 Å². The molecule has 0 heterocycles. The third kappa shape index (κ3) is 10.2. The van der Waals surface area contributed by atoms with Crippen molar-refractivity contribution in [2.24, 2.45) is 0 Å². The largest absolute Gasteiger partial charge is 0.444 e. The number of carbonyl (C=O) groups is 3. The van der Waals surface area contributed by atoms with Gasteiger partial charge in [0.25, 0.3) is 5.91 Å². The Morgan fingerprint density at radius 2 is 1.67 bits per heavy atom. The first kappa shape index (κ1) is 32.2. The number of carbonyl (C=O) groups excluding carboxylic acids is 3. The van der Waals surface area contributed by atoms with Gasteiger partial charge in [0.05, 0.1) is 10.7 Å². The summed E-state index contributed by atoms with van der Waals surface area (Å²) in [7, 11) is 0. The van der Waals surface area contributed by atoms with Gasteiger partial charge in [0.15, 0.2) is 0 Å². The van der Waals surface area contributed by atoms with E-state index in [9.17, 15) is 14.4 Å². The molecular weight excluding hydrogens is 514 g/mol. The molecule has 8 heteroatoms. The van der Waals surface area contributed by atoms with Crippen molar-refractivity contribution >= 4 is 35.2 Å². The average molecular weight is 558 g/mol. The van der Waals surface area contributed by atoms with Crippen LogP contribution in [0.1, 0.15) is 89.5 Å². The SMILES string of the molecule is CCCCCCCN(C(=O)C(C)NC(=O)OC(C)(C)C)C(C(=O)Nc1c(C)cccc1Cl)c1cccc(C)c1. The molecule has 0 saturated carbocycles. The Kier molecular flexibility index (Phi) is 12.3. The number of nitrogens with one attached hydrogen (secondary N) is 2. The van der Waals surface area contributed by atoms with Gasteiger partial charge < -0.3 is 20.3 Å². The molecule has 39 heavy (non-hydrogen) atoms. The number of para-hydroxylation sites is 1. The summed E-state index contributed by atoms with van der Waals surface area (Å²) in [6.45, 7) is 13.2. The summed E-state index contributed by atoms with van der Waals surface area (Å²) in [5, 5.41) is 6.04. The minimum atomic E-state index is -0.929. The number of amides is 3. The highest BCUT2D eigenvalue weighted by Gasteiger charge is 2.35. The van der Waals surface area contributed by atoms with Gasteiger partial charge in [-0.3, -0.25) is 9.59 Å². The molecule has 2 rings (SSSR count). The van der Waals surface area contributed by atoms with Gasteiger partial charge in [-0.15, -0.1) is 0 Å². The van der Waals surface area contributed by atoms with Gasteiger partial charge >= 0.3 is 6.09 Å². The normalized spacial score (nSPS) is 12.8. The van der Waals surface area contributed by atoms with E-state index < -0.39 is 23.8 Å². The molecule has 0 spiro atoms. The van der Waals surface area contributed by atoms with E-state index in [0.717, 1.165) is 43.2 Å². The Morgan fingerprint density at radius 3 is 2.28 bits per heavy atom. The van der Waals surface area contributed by atoms with E-state index >= 15 is 0 Å². The van der Waals surface area contributed by atoms with E-state index in [1.807, 2.05) is 50.2 Å². The van der Waals surface area contributed by atoms with Gasteiger partial charge in [0.2, 0.25) is 5.91 Å². The van der Waals surface area contributed by atoms with Crippen LogP contribution in [0.2, 0.25) is 5.02 Å². The average Bonchev–Trinajstić information content (AvgIpc) is 2.83. The Labute approximate surface area is 238 Å². The van der Waals surface area contributed by atoms with E-state index in [4.69, 9.17) is 16.3 Å². The third-order valence-electron chi connectivity index (χ3n) is 6.28. The standard InChI is InChI=1S/C31H44ClN3O4/c1-8-9-10-11-12-19-35(29(37)23(4)33-30(38)39-31(5,6)7)27(24-17-13-15-21(2)20-24)28(36)34-26-22(3)16-14-18-25(26)32/h13-18,20,23,27H,8-12,19H2,1-7H3,(H,33,38)(H,34,36). The zero-order valence-electron chi connectivity index (χ0n) is 24.4. The molecule has 7 nitrogen and oxygen atoms in total. The van der Waals surface area contributed by atoms with E-state index in [0.29, 0.717) is 22.8 Å². The van der Waals surface area contributed by atoms with Crippen LogP contribution >= 0.6 is 11.6 Å². The first-order valence-electron chi connectivity index (χ1n) is 13.8. The van der Waals surface area contributed by atoms with Gasteiger partial charge in [-0.2, -0.15) is 0 Å². The van der Waals surface area contributed by atoms with Gasteiger partial charge in [-0.05, 0) is 65.2 Å². The number of nitrogens with zero attached hydrogens (tertiary/aromatic N) is 1. The minimum Gasteiger partial charge on any atom is -0.444 e. The number of hydrogen-bond donors (Lipinski definition) is 2. The molecular formula is C31H44ClN3O4. The summed E-state index contributed by atoms with van der Waals surface area (Å²) in [6, 6.07) is 11.1. The molecule has 0 radical (unpaired) electrons. The lowest BCUT2D eigenvalue weighted by Crippen LogP contribution is -2.51. The maximum atomic E-state index is 14.0. The second-order valence-electron chi connectivity index (χ2n) is 11.1. The van der Waals surface area contributed by atoms with Gasteiger partial charge in [0, 0.05) is 6.54 Å². The predicted octanol–water partition coefficient (Wildman–Crippen LogP) is 7.35. The van der Waals surface area contributed by atoms with Crippen molar-refractivity contribution in [3.63, 3.8) is 0 Å². The number of rotatable bonds is 12. The maximum absolute atomic E-state index is 14.0. The van der Waals surface area contributed by atoms with E-state index in [1.54, 1.807) is 38.7 Å². The molecule has 0 saturated heterocycles. The first-order chi connectivity index (χ1) is 18.3. The zero-order valence-corrected chi connectivity index (χ0v) is 25.2. The van der Waals surface area contributed by atoms with Crippen molar-refractivity contribution in [3.05, 3.63) is 64.2 Å². The Morgan fingerprint density at radius 1 is 1.00 bits per heavy atom. The van der Waals surface area contributed by atoms with Crippen LogP contribution in [0.25, 0.3) is 0 Å². The van der Waals surface area contributed by atoms with Gasteiger partial charge in [-0.25, -0.2) is 4.79 Å². The monoisotopic (exact) mass is 557 g/mol. The molecule has 0 fully saturated rings. The van der Waals surface area contributed by atoms with Crippen LogP contribution < -0.4 is 10.6 Å². The number of aryl methyl sites for hydroxylation is 2. The van der Waals surface area contributed by atoms with Crippen molar-refractivity contribution in [1.82, 2.24) is 10.2 Å². The summed E-state index contributed by atoms with van der Waals surface area (Å²) in [5.41, 5.74) is 2.27. The van der Waals surface area contributed by atoms with Crippen molar-refractivity contribution in [2.45, 2.75) is 98.3 Å². The van der Waals surface area contributed by atoms with Crippen molar-refractivity contribution in [3.8, 4) is 0 Å². The highest BCUT2D eigenvalue weighted by molar-refractivity contribution is 6.34. The number of unbranched alkanes of at least 4 members (excludes halogenated alkanes) is 4. The van der Waals surface area contributed by atoms with Crippen LogP contribution in [0.4, 0.5) is 10.5 Å². The Balaban J connectivity index is 2.46. The zero-order chi connectivity index (χ0) is 29.2. The second kappa shape index (κ2) is 14.9. The summed E-state index contributed by atoms with van der Waals surface area (Å²) < 4.78 is 5.36. The summed E-state index contributed by atoms with van der Waals surface area (Å²) in [4.78, 5) is 41.9.